The van der Waals surface area contributed by atoms with Gasteiger partial charge in [-0.3, -0.25) is 9.69 Å². The summed E-state index contributed by atoms with van der Waals surface area (Å²) >= 11 is 3.50. The Hall–Kier alpha value is -1.85. The average Bonchev–Trinajstić information content (AvgIpc) is 2.72. The van der Waals surface area contributed by atoms with Gasteiger partial charge in [0.25, 0.3) is 5.91 Å². The van der Waals surface area contributed by atoms with E-state index < -0.39 is 0 Å². The first-order chi connectivity index (χ1) is 13.6. The monoisotopic (exact) mass is 444 g/mol. The van der Waals surface area contributed by atoms with E-state index in [4.69, 9.17) is 4.74 Å². The quantitative estimate of drug-likeness (QED) is 0.641. The van der Waals surface area contributed by atoms with Gasteiger partial charge in [-0.2, -0.15) is 0 Å². The highest BCUT2D eigenvalue weighted by molar-refractivity contribution is 9.10. The van der Waals surface area contributed by atoms with Crippen LogP contribution in [-0.2, 0) is 24.3 Å². The summed E-state index contributed by atoms with van der Waals surface area (Å²) in [6.07, 6.45) is 4.92. The molecule has 0 atom stereocenters. The molecule has 0 saturated carbocycles. The third-order valence-corrected chi connectivity index (χ3v) is 5.72. The first-order valence-corrected chi connectivity index (χ1v) is 10.9. The highest BCUT2D eigenvalue weighted by Gasteiger charge is 2.11. The highest BCUT2D eigenvalue weighted by atomic mass is 79.9. The fraction of sp³-hybridized carbons (Fsp3) is 0.435. The van der Waals surface area contributed by atoms with Crippen molar-refractivity contribution in [1.29, 1.82) is 0 Å². The van der Waals surface area contributed by atoms with Crippen LogP contribution >= 0.6 is 15.9 Å². The Kier molecular flexibility index (Phi) is 7.92. The van der Waals surface area contributed by atoms with E-state index >= 15 is 0 Å². The predicted molar refractivity (Wildman–Crippen MR) is 116 cm³/mol. The number of carbonyl (C=O) groups is 1. The summed E-state index contributed by atoms with van der Waals surface area (Å²) in [6.45, 7) is 6.01. The first kappa shape index (κ1) is 20.9. The fourth-order valence-electron chi connectivity index (χ4n) is 3.49. The second kappa shape index (κ2) is 10.6. The molecule has 2 aromatic rings. The fourth-order valence-corrected chi connectivity index (χ4v) is 4.03. The minimum atomic E-state index is -0.118. The van der Waals surface area contributed by atoms with E-state index in [0.29, 0.717) is 12.3 Å². The summed E-state index contributed by atoms with van der Waals surface area (Å²) in [6, 6.07) is 14.4. The maximum absolute atomic E-state index is 12.2. The van der Waals surface area contributed by atoms with Crippen molar-refractivity contribution in [1.82, 2.24) is 10.2 Å². The van der Waals surface area contributed by atoms with Gasteiger partial charge in [-0.05, 0) is 77.1 Å². The Morgan fingerprint density at radius 3 is 2.61 bits per heavy atom. The smallest absolute Gasteiger partial charge is 0.258 e. The van der Waals surface area contributed by atoms with E-state index in [1.54, 1.807) is 0 Å². The van der Waals surface area contributed by atoms with Crippen LogP contribution in [0.1, 0.15) is 42.9 Å². The van der Waals surface area contributed by atoms with Crippen molar-refractivity contribution < 1.29 is 9.53 Å². The lowest BCUT2D eigenvalue weighted by Crippen LogP contribution is -2.29. The predicted octanol–water partition coefficient (Wildman–Crippen LogP) is 4.69. The molecule has 28 heavy (non-hydrogen) atoms. The van der Waals surface area contributed by atoms with Crippen LogP contribution in [0.2, 0.25) is 0 Å². The second-order valence-electron chi connectivity index (χ2n) is 7.34. The largest absolute Gasteiger partial charge is 0.483 e. The van der Waals surface area contributed by atoms with Gasteiger partial charge in [0.15, 0.2) is 6.61 Å². The molecular formula is C23H29BrN2O2. The van der Waals surface area contributed by atoms with Gasteiger partial charge in [0.1, 0.15) is 5.75 Å². The van der Waals surface area contributed by atoms with Crippen LogP contribution in [0, 0.1) is 0 Å². The number of amides is 1. The minimum absolute atomic E-state index is 0.0114. The van der Waals surface area contributed by atoms with Crippen LogP contribution in [0.25, 0.3) is 0 Å². The van der Waals surface area contributed by atoms with Crippen molar-refractivity contribution in [2.24, 2.45) is 0 Å². The second-order valence-corrected chi connectivity index (χ2v) is 8.19. The van der Waals surface area contributed by atoms with Crippen molar-refractivity contribution in [3.8, 4) is 5.75 Å². The van der Waals surface area contributed by atoms with Crippen molar-refractivity contribution in [2.75, 3.05) is 19.7 Å². The number of ether oxygens (including phenoxy) is 1. The molecule has 0 bridgehead atoms. The third kappa shape index (κ3) is 6.35. The van der Waals surface area contributed by atoms with Crippen LogP contribution < -0.4 is 10.1 Å². The maximum atomic E-state index is 12.2. The standard InChI is InChI=1S/C23H29BrN2O2/c1-2-18-9-10-22(21(24)14-18)28-17-23(27)25-15-19-7-6-8-20(13-19)16-26-11-4-3-5-12-26/h6-10,13-14H,2-5,11-12,15-17H2,1H3,(H,25,27). The molecule has 0 unspecified atom stereocenters. The number of aryl methyl sites for hydroxylation is 1. The topological polar surface area (TPSA) is 41.6 Å². The SMILES string of the molecule is CCc1ccc(OCC(=O)NCc2cccc(CN3CCCCC3)c2)c(Br)c1. The number of carbonyl (C=O) groups excluding carboxylic acids is 1. The number of hydrogen-bond acceptors (Lipinski definition) is 3. The van der Waals surface area contributed by atoms with Crippen molar-refractivity contribution in [2.45, 2.75) is 45.7 Å². The number of nitrogens with zero attached hydrogens (tertiary/aromatic N) is 1. The molecule has 4 nitrogen and oxygen atoms in total. The molecule has 1 aliphatic heterocycles. The minimum Gasteiger partial charge on any atom is -0.483 e. The molecule has 0 spiro atoms. The summed E-state index contributed by atoms with van der Waals surface area (Å²) in [5, 5.41) is 2.95. The van der Waals surface area contributed by atoms with Gasteiger partial charge in [-0.15, -0.1) is 0 Å². The first-order valence-electron chi connectivity index (χ1n) is 10.1. The molecule has 1 fully saturated rings. The summed E-state index contributed by atoms with van der Waals surface area (Å²) < 4.78 is 6.52. The molecule has 1 N–H and O–H groups in total. The summed E-state index contributed by atoms with van der Waals surface area (Å²) in [7, 11) is 0. The van der Waals surface area contributed by atoms with Crippen LogP contribution in [-0.4, -0.2) is 30.5 Å². The highest BCUT2D eigenvalue weighted by Crippen LogP contribution is 2.26. The molecule has 0 aliphatic carbocycles. The molecule has 2 aromatic carbocycles. The van der Waals surface area contributed by atoms with Crippen LogP contribution in [0.4, 0.5) is 0 Å². The van der Waals surface area contributed by atoms with Crippen molar-refractivity contribution in [3.05, 3.63) is 63.6 Å². The van der Waals surface area contributed by atoms with Gasteiger partial charge >= 0.3 is 0 Å². The van der Waals surface area contributed by atoms with E-state index in [9.17, 15) is 4.79 Å². The lowest BCUT2D eigenvalue weighted by Gasteiger charge is -2.26. The molecule has 0 radical (unpaired) electrons. The van der Waals surface area contributed by atoms with Crippen molar-refractivity contribution in [3.63, 3.8) is 0 Å². The molecule has 5 heteroatoms. The third-order valence-electron chi connectivity index (χ3n) is 5.10. The van der Waals surface area contributed by atoms with Gasteiger partial charge in [0, 0.05) is 13.1 Å². The van der Waals surface area contributed by atoms with Gasteiger partial charge in [-0.25, -0.2) is 0 Å². The number of nitrogens with one attached hydrogen (secondary N) is 1. The number of piperidine rings is 1. The Balaban J connectivity index is 1.45. The van der Waals surface area contributed by atoms with E-state index in [1.165, 1.54) is 43.5 Å². The zero-order valence-electron chi connectivity index (χ0n) is 16.5. The number of benzene rings is 2. The summed E-state index contributed by atoms with van der Waals surface area (Å²) in [5.74, 6) is 0.573. The average molecular weight is 445 g/mol. The van der Waals surface area contributed by atoms with Crippen LogP contribution in [0.3, 0.4) is 0 Å². The number of halogens is 1. The van der Waals surface area contributed by atoms with Gasteiger partial charge in [0.05, 0.1) is 4.47 Å². The molecule has 1 saturated heterocycles. The van der Waals surface area contributed by atoms with E-state index in [-0.39, 0.29) is 12.5 Å². The molecule has 1 amide bonds. The zero-order valence-corrected chi connectivity index (χ0v) is 18.1. The van der Waals surface area contributed by atoms with Crippen molar-refractivity contribution >= 4 is 21.8 Å². The molecule has 3 rings (SSSR count). The van der Waals surface area contributed by atoms with Gasteiger partial charge < -0.3 is 10.1 Å². The maximum Gasteiger partial charge on any atom is 0.258 e. The summed E-state index contributed by atoms with van der Waals surface area (Å²) in [4.78, 5) is 14.7. The van der Waals surface area contributed by atoms with Gasteiger partial charge in [0.2, 0.25) is 0 Å². The van der Waals surface area contributed by atoms with E-state index in [2.05, 4.69) is 57.3 Å². The molecule has 150 valence electrons. The normalized spacial score (nSPS) is 14.6. The number of rotatable bonds is 8. The lowest BCUT2D eigenvalue weighted by atomic mass is 10.1. The molecular weight excluding hydrogens is 416 g/mol. The Bertz CT molecular complexity index is 788. The Morgan fingerprint density at radius 1 is 1.07 bits per heavy atom. The van der Waals surface area contributed by atoms with Crippen LogP contribution in [0.15, 0.2) is 46.9 Å². The van der Waals surface area contributed by atoms with Crippen LogP contribution in [0.5, 0.6) is 5.75 Å². The molecule has 1 heterocycles. The van der Waals surface area contributed by atoms with E-state index in [0.717, 1.165) is 23.0 Å². The Labute approximate surface area is 176 Å². The molecule has 1 aliphatic rings. The zero-order chi connectivity index (χ0) is 19.8. The Morgan fingerprint density at radius 2 is 1.86 bits per heavy atom. The lowest BCUT2D eigenvalue weighted by molar-refractivity contribution is -0.123. The number of hydrogen-bond donors (Lipinski definition) is 1. The summed E-state index contributed by atoms with van der Waals surface area (Å²) in [5.41, 5.74) is 3.66. The number of likely N-dealkylation sites (tertiary alicyclic amines) is 1. The van der Waals surface area contributed by atoms with E-state index in [1.807, 2.05) is 18.2 Å². The van der Waals surface area contributed by atoms with Gasteiger partial charge in [-0.1, -0.05) is 43.7 Å². The molecule has 0 aromatic heterocycles.